The lowest BCUT2D eigenvalue weighted by Gasteiger charge is -2.06. The van der Waals surface area contributed by atoms with Gasteiger partial charge in [-0.1, -0.05) is 6.07 Å². The highest BCUT2D eigenvalue weighted by molar-refractivity contribution is 14.1. The molecule has 0 saturated carbocycles. The number of benzene rings is 1. The van der Waals surface area contributed by atoms with Crippen LogP contribution in [0.25, 0.3) is 0 Å². The molecular weight excluding hydrogens is 341 g/mol. The van der Waals surface area contributed by atoms with E-state index in [0.717, 1.165) is 9.26 Å². The van der Waals surface area contributed by atoms with Gasteiger partial charge in [-0.15, -0.1) is 0 Å². The van der Waals surface area contributed by atoms with E-state index in [2.05, 4.69) is 38.2 Å². The predicted octanol–water partition coefficient (Wildman–Crippen LogP) is 2.98. The summed E-state index contributed by atoms with van der Waals surface area (Å²) in [6, 6.07) is 12.9. The van der Waals surface area contributed by atoms with Crippen LogP contribution in [0.3, 0.4) is 0 Å². The molecule has 0 bridgehead atoms. The Kier molecular flexibility index (Phi) is 4.14. The van der Waals surface area contributed by atoms with Gasteiger partial charge in [-0.3, -0.25) is 4.79 Å². The first kappa shape index (κ1) is 12.8. The van der Waals surface area contributed by atoms with Gasteiger partial charge < -0.3 is 10.6 Å². The van der Waals surface area contributed by atoms with Crippen molar-refractivity contribution in [3.05, 3.63) is 51.7 Å². The second-order valence-corrected chi connectivity index (χ2v) is 4.86. The maximum Gasteiger partial charge on any atom is 0.274 e. The molecule has 1 heterocycles. The zero-order chi connectivity index (χ0) is 13.0. The van der Waals surface area contributed by atoms with Crippen molar-refractivity contribution in [1.82, 2.24) is 4.98 Å². The number of anilines is 2. The first-order valence-corrected chi connectivity index (χ1v) is 6.48. The van der Waals surface area contributed by atoms with E-state index in [1.54, 1.807) is 19.2 Å². The summed E-state index contributed by atoms with van der Waals surface area (Å²) in [5, 5.41) is 5.71. The SMILES string of the molecule is CNc1cccc(C(=O)Nc2ccc(I)cc2)n1. The molecule has 0 aliphatic heterocycles. The van der Waals surface area contributed by atoms with Gasteiger partial charge in [0.25, 0.3) is 5.91 Å². The highest BCUT2D eigenvalue weighted by atomic mass is 127. The van der Waals surface area contributed by atoms with Crippen LogP contribution < -0.4 is 10.6 Å². The lowest BCUT2D eigenvalue weighted by atomic mass is 10.3. The molecule has 18 heavy (non-hydrogen) atoms. The number of nitrogens with zero attached hydrogens (tertiary/aromatic N) is 1. The number of rotatable bonds is 3. The van der Waals surface area contributed by atoms with Gasteiger partial charge in [0.1, 0.15) is 11.5 Å². The summed E-state index contributed by atoms with van der Waals surface area (Å²) in [7, 11) is 1.77. The molecule has 0 unspecified atom stereocenters. The molecule has 0 fully saturated rings. The first-order chi connectivity index (χ1) is 8.69. The second-order valence-electron chi connectivity index (χ2n) is 3.62. The van der Waals surface area contributed by atoms with E-state index in [9.17, 15) is 4.79 Å². The molecule has 2 N–H and O–H groups in total. The number of carbonyl (C=O) groups excluding carboxylic acids is 1. The van der Waals surface area contributed by atoms with Crippen LogP contribution in [0.1, 0.15) is 10.5 Å². The van der Waals surface area contributed by atoms with Crippen LogP contribution in [0.4, 0.5) is 11.5 Å². The molecule has 1 aromatic heterocycles. The van der Waals surface area contributed by atoms with E-state index < -0.39 is 0 Å². The van der Waals surface area contributed by atoms with Crippen molar-refractivity contribution in [3.63, 3.8) is 0 Å². The van der Waals surface area contributed by atoms with Gasteiger partial charge >= 0.3 is 0 Å². The van der Waals surface area contributed by atoms with E-state index >= 15 is 0 Å². The number of halogens is 1. The van der Waals surface area contributed by atoms with E-state index in [4.69, 9.17) is 0 Å². The van der Waals surface area contributed by atoms with Gasteiger partial charge in [-0.25, -0.2) is 4.98 Å². The molecule has 2 aromatic rings. The Morgan fingerprint density at radius 3 is 2.56 bits per heavy atom. The summed E-state index contributed by atoms with van der Waals surface area (Å²) in [6.45, 7) is 0. The maximum absolute atomic E-state index is 12.0. The van der Waals surface area contributed by atoms with Gasteiger partial charge in [-0.2, -0.15) is 0 Å². The third-order valence-corrected chi connectivity index (χ3v) is 3.06. The Bertz CT molecular complexity index is 554. The summed E-state index contributed by atoms with van der Waals surface area (Å²) in [5.74, 6) is 0.457. The summed E-state index contributed by atoms with van der Waals surface area (Å²) in [5.41, 5.74) is 1.15. The third kappa shape index (κ3) is 3.19. The predicted molar refractivity (Wildman–Crippen MR) is 80.9 cm³/mol. The van der Waals surface area contributed by atoms with Crippen LogP contribution in [-0.4, -0.2) is 17.9 Å². The summed E-state index contributed by atoms with van der Waals surface area (Å²) in [4.78, 5) is 16.1. The lowest BCUT2D eigenvalue weighted by Crippen LogP contribution is -2.14. The fourth-order valence-electron chi connectivity index (χ4n) is 1.43. The number of hydrogen-bond acceptors (Lipinski definition) is 3. The van der Waals surface area contributed by atoms with Crippen LogP contribution in [0.2, 0.25) is 0 Å². The average molecular weight is 353 g/mol. The summed E-state index contributed by atoms with van der Waals surface area (Å²) < 4.78 is 1.13. The quantitative estimate of drug-likeness (QED) is 0.835. The summed E-state index contributed by atoms with van der Waals surface area (Å²) >= 11 is 2.22. The van der Waals surface area contributed by atoms with Crippen LogP contribution in [0.5, 0.6) is 0 Å². The van der Waals surface area contributed by atoms with Crippen LogP contribution in [0, 0.1) is 3.57 Å². The van der Waals surface area contributed by atoms with Crippen molar-refractivity contribution in [2.24, 2.45) is 0 Å². The normalized spacial score (nSPS) is 9.89. The monoisotopic (exact) mass is 353 g/mol. The number of pyridine rings is 1. The number of amides is 1. The van der Waals surface area contributed by atoms with Gasteiger partial charge in [-0.05, 0) is 59.0 Å². The van der Waals surface area contributed by atoms with Crippen LogP contribution in [0.15, 0.2) is 42.5 Å². The molecule has 0 atom stereocenters. The molecule has 0 saturated heterocycles. The topological polar surface area (TPSA) is 54.0 Å². The van der Waals surface area contributed by atoms with E-state index in [0.29, 0.717) is 11.5 Å². The number of aromatic nitrogens is 1. The minimum atomic E-state index is -0.215. The molecule has 5 heteroatoms. The highest BCUT2D eigenvalue weighted by Gasteiger charge is 2.07. The molecular formula is C13H12IN3O. The smallest absolute Gasteiger partial charge is 0.274 e. The Balaban J connectivity index is 2.14. The number of carbonyl (C=O) groups is 1. The van der Waals surface area contributed by atoms with Crippen molar-refractivity contribution >= 4 is 40.0 Å². The molecule has 0 radical (unpaired) electrons. The first-order valence-electron chi connectivity index (χ1n) is 5.41. The van der Waals surface area contributed by atoms with E-state index in [1.165, 1.54) is 0 Å². The largest absolute Gasteiger partial charge is 0.373 e. The average Bonchev–Trinajstić information content (AvgIpc) is 2.41. The zero-order valence-corrected chi connectivity index (χ0v) is 11.9. The fraction of sp³-hybridized carbons (Fsp3) is 0.0769. The molecule has 0 aliphatic carbocycles. The lowest BCUT2D eigenvalue weighted by molar-refractivity contribution is 0.102. The molecule has 1 aromatic carbocycles. The van der Waals surface area contributed by atoms with Crippen LogP contribution >= 0.6 is 22.6 Å². The van der Waals surface area contributed by atoms with Crippen molar-refractivity contribution in [3.8, 4) is 0 Å². The van der Waals surface area contributed by atoms with Crippen molar-refractivity contribution in [1.29, 1.82) is 0 Å². The zero-order valence-electron chi connectivity index (χ0n) is 9.77. The van der Waals surface area contributed by atoms with Crippen LogP contribution in [-0.2, 0) is 0 Å². The van der Waals surface area contributed by atoms with Crippen molar-refractivity contribution in [2.75, 3.05) is 17.7 Å². The summed E-state index contributed by atoms with van der Waals surface area (Å²) in [6.07, 6.45) is 0. The third-order valence-electron chi connectivity index (χ3n) is 2.34. The minimum absolute atomic E-state index is 0.215. The van der Waals surface area contributed by atoms with E-state index in [-0.39, 0.29) is 5.91 Å². The Morgan fingerprint density at radius 1 is 1.17 bits per heavy atom. The van der Waals surface area contributed by atoms with Gasteiger partial charge in [0, 0.05) is 16.3 Å². The Labute approximate surface area is 119 Å². The molecule has 0 aliphatic rings. The standard InChI is InChI=1S/C13H12IN3O/c1-15-12-4-2-3-11(17-12)13(18)16-10-7-5-9(14)6-8-10/h2-8H,1H3,(H,15,17)(H,16,18). The Morgan fingerprint density at radius 2 is 1.89 bits per heavy atom. The van der Waals surface area contributed by atoms with Crippen molar-refractivity contribution < 1.29 is 4.79 Å². The maximum atomic E-state index is 12.0. The molecule has 92 valence electrons. The molecule has 0 spiro atoms. The van der Waals surface area contributed by atoms with Crippen molar-refractivity contribution in [2.45, 2.75) is 0 Å². The number of hydrogen-bond donors (Lipinski definition) is 2. The molecule has 2 rings (SSSR count). The second kappa shape index (κ2) is 5.81. The highest BCUT2D eigenvalue weighted by Crippen LogP contribution is 2.12. The number of nitrogens with one attached hydrogen (secondary N) is 2. The van der Waals surface area contributed by atoms with Gasteiger partial charge in [0.15, 0.2) is 0 Å². The van der Waals surface area contributed by atoms with E-state index in [1.807, 2.05) is 30.3 Å². The van der Waals surface area contributed by atoms with Gasteiger partial charge in [0.2, 0.25) is 0 Å². The fourth-order valence-corrected chi connectivity index (χ4v) is 1.79. The molecule has 4 nitrogen and oxygen atoms in total. The molecule has 1 amide bonds. The minimum Gasteiger partial charge on any atom is -0.373 e. The Hall–Kier alpha value is -1.63. The van der Waals surface area contributed by atoms with Gasteiger partial charge in [0.05, 0.1) is 0 Å².